The monoisotopic (exact) mass is 509 g/mol. The number of nitrogens with zero attached hydrogens (tertiary/aromatic N) is 1. The van der Waals surface area contributed by atoms with Gasteiger partial charge in [0.25, 0.3) is 0 Å². The van der Waals surface area contributed by atoms with Gasteiger partial charge in [-0.3, -0.25) is 4.98 Å². The first kappa shape index (κ1) is 24.1. The molecule has 4 rings (SSSR count). The molecule has 178 valence electrons. The first-order chi connectivity index (χ1) is 15.9. The molecule has 2 heterocycles. The summed E-state index contributed by atoms with van der Waals surface area (Å²) in [6.45, 7) is 2.47. The minimum absolute atomic E-state index is 0.0134. The molecule has 34 heavy (non-hydrogen) atoms. The molecular formula is C24H19ClF3NO4S. The van der Waals surface area contributed by atoms with Crippen molar-refractivity contribution in [1.29, 1.82) is 0 Å². The number of pyridine rings is 1. The second kappa shape index (κ2) is 8.32. The molecule has 1 aliphatic heterocycles. The van der Waals surface area contributed by atoms with Crippen molar-refractivity contribution in [2.75, 3.05) is 0 Å². The molecule has 0 amide bonds. The van der Waals surface area contributed by atoms with Gasteiger partial charge >= 0.3 is 6.18 Å². The van der Waals surface area contributed by atoms with Crippen molar-refractivity contribution in [3.8, 4) is 5.75 Å². The number of hydrogen-bond acceptors (Lipinski definition) is 5. The highest BCUT2D eigenvalue weighted by Gasteiger charge is 2.51. The van der Waals surface area contributed by atoms with Crippen LogP contribution in [-0.4, -0.2) is 18.5 Å². The summed E-state index contributed by atoms with van der Waals surface area (Å²) >= 11 is 6.25. The fraction of sp³-hybridized carbons (Fsp3) is 0.208. The van der Waals surface area contributed by atoms with E-state index in [1.165, 1.54) is 32.2 Å². The quantitative estimate of drug-likeness (QED) is 0.441. The summed E-state index contributed by atoms with van der Waals surface area (Å²) < 4.78 is 73.8. The number of ether oxygens (including phenoxy) is 1. The van der Waals surface area contributed by atoms with Crippen LogP contribution in [0.15, 0.2) is 60.8 Å². The first-order valence-electron chi connectivity index (χ1n) is 10.1. The molecule has 10 heteroatoms. The number of alkyl halides is 3. The van der Waals surface area contributed by atoms with E-state index in [0.29, 0.717) is 11.6 Å². The van der Waals surface area contributed by atoms with Crippen LogP contribution < -0.4 is 4.74 Å². The topological polar surface area (TPSA) is 76.5 Å². The molecule has 0 unspecified atom stereocenters. The molecule has 0 saturated carbocycles. The van der Waals surface area contributed by atoms with E-state index in [1.54, 1.807) is 30.3 Å². The van der Waals surface area contributed by atoms with Gasteiger partial charge in [0.15, 0.2) is 9.84 Å². The normalized spacial score (nSPS) is 16.8. The van der Waals surface area contributed by atoms with Crippen molar-refractivity contribution < 1.29 is 31.4 Å². The maximum absolute atomic E-state index is 14.1. The van der Waals surface area contributed by atoms with Crippen LogP contribution in [0.2, 0.25) is 5.02 Å². The van der Waals surface area contributed by atoms with Crippen LogP contribution in [0.5, 0.6) is 5.75 Å². The van der Waals surface area contributed by atoms with Gasteiger partial charge in [0.2, 0.25) is 0 Å². The van der Waals surface area contributed by atoms with Gasteiger partial charge in [0, 0.05) is 11.8 Å². The molecule has 2 aromatic carbocycles. The van der Waals surface area contributed by atoms with E-state index in [9.17, 15) is 26.7 Å². The maximum Gasteiger partial charge on any atom is 0.417 e. The summed E-state index contributed by atoms with van der Waals surface area (Å²) in [5.74, 6) is -1.34. The van der Waals surface area contributed by atoms with E-state index in [2.05, 4.69) is 4.98 Å². The largest absolute Gasteiger partial charge is 0.506 e. The van der Waals surface area contributed by atoms with Crippen molar-refractivity contribution in [3.05, 3.63) is 93.8 Å². The molecule has 0 atom stereocenters. The molecule has 1 aromatic heterocycles. The SMILES string of the molecule is CC1(C)c2ncccc2C(O)=C(c2c(C(F)(F)F)ccc(Cl)c2OCc2ccccc2)S1(=O)=O. The van der Waals surface area contributed by atoms with Gasteiger partial charge in [-0.25, -0.2) is 8.42 Å². The molecule has 0 spiro atoms. The first-order valence-corrected chi connectivity index (χ1v) is 11.9. The lowest BCUT2D eigenvalue weighted by Gasteiger charge is -2.33. The average Bonchev–Trinajstić information content (AvgIpc) is 2.77. The third-order valence-corrected chi connectivity index (χ3v) is 8.43. The molecule has 0 fully saturated rings. The maximum atomic E-state index is 14.1. The van der Waals surface area contributed by atoms with Crippen LogP contribution in [0.25, 0.3) is 10.7 Å². The lowest BCUT2D eigenvalue weighted by atomic mass is 9.97. The highest BCUT2D eigenvalue weighted by molar-refractivity contribution is 8.01. The molecule has 1 N–H and O–H groups in total. The van der Waals surface area contributed by atoms with Crippen LogP contribution in [-0.2, 0) is 27.4 Å². The number of benzene rings is 2. The molecule has 5 nitrogen and oxygen atoms in total. The number of halogens is 4. The summed E-state index contributed by atoms with van der Waals surface area (Å²) in [5.41, 5.74) is -1.47. The van der Waals surface area contributed by atoms with E-state index in [4.69, 9.17) is 16.3 Å². The van der Waals surface area contributed by atoms with Gasteiger partial charge in [0.05, 0.1) is 21.8 Å². The van der Waals surface area contributed by atoms with Crippen LogP contribution in [0.1, 0.15) is 41.8 Å². The summed E-state index contributed by atoms with van der Waals surface area (Å²) in [6, 6.07) is 13.1. The Morgan fingerprint density at radius 2 is 1.74 bits per heavy atom. The van der Waals surface area contributed by atoms with Gasteiger partial charge in [-0.05, 0) is 43.7 Å². The van der Waals surface area contributed by atoms with Crippen molar-refractivity contribution in [1.82, 2.24) is 4.98 Å². The number of rotatable bonds is 4. The zero-order valence-corrected chi connectivity index (χ0v) is 19.6. The number of aliphatic hydroxyl groups excluding tert-OH is 1. The van der Waals surface area contributed by atoms with Crippen molar-refractivity contribution in [2.24, 2.45) is 0 Å². The summed E-state index contributed by atoms with van der Waals surface area (Å²) in [6.07, 6.45) is -3.61. The van der Waals surface area contributed by atoms with Crippen LogP contribution in [0.4, 0.5) is 13.2 Å². The molecule has 1 aliphatic rings. The molecule has 0 saturated heterocycles. The van der Waals surface area contributed by atoms with E-state index in [1.807, 2.05) is 0 Å². The van der Waals surface area contributed by atoms with Crippen molar-refractivity contribution in [3.63, 3.8) is 0 Å². The molecule has 0 aliphatic carbocycles. The number of aliphatic hydroxyl groups is 1. The minimum Gasteiger partial charge on any atom is -0.506 e. The average molecular weight is 510 g/mol. The van der Waals surface area contributed by atoms with E-state index >= 15 is 0 Å². The van der Waals surface area contributed by atoms with Crippen molar-refractivity contribution in [2.45, 2.75) is 31.4 Å². The summed E-state index contributed by atoms with van der Waals surface area (Å²) in [4.78, 5) is 3.17. The second-order valence-corrected chi connectivity index (χ2v) is 11.0. The number of aromatic nitrogens is 1. The zero-order chi connectivity index (χ0) is 24.9. The smallest absolute Gasteiger partial charge is 0.417 e. The Hall–Kier alpha value is -3.04. The number of fused-ring (bicyclic) bond motifs is 1. The Labute approximate surface area is 199 Å². The van der Waals surface area contributed by atoms with Gasteiger partial charge in [-0.2, -0.15) is 13.2 Å². The highest BCUT2D eigenvalue weighted by Crippen LogP contribution is 2.53. The Kier molecular flexibility index (Phi) is 5.90. The van der Waals surface area contributed by atoms with Gasteiger partial charge in [-0.1, -0.05) is 41.9 Å². The van der Waals surface area contributed by atoms with Gasteiger partial charge in [-0.15, -0.1) is 0 Å². The zero-order valence-electron chi connectivity index (χ0n) is 18.0. The molecule has 0 radical (unpaired) electrons. The predicted octanol–water partition coefficient (Wildman–Crippen LogP) is 6.38. The third kappa shape index (κ3) is 3.82. The Balaban J connectivity index is 2.05. The van der Waals surface area contributed by atoms with Gasteiger partial charge in [0.1, 0.15) is 27.8 Å². The Morgan fingerprint density at radius 1 is 1.06 bits per heavy atom. The lowest BCUT2D eigenvalue weighted by Crippen LogP contribution is -2.36. The molecular weight excluding hydrogens is 491 g/mol. The predicted molar refractivity (Wildman–Crippen MR) is 123 cm³/mol. The third-order valence-electron chi connectivity index (χ3n) is 5.66. The minimum atomic E-state index is -4.97. The summed E-state index contributed by atoms with van der Waals surface area (Å²) in [7, 11) is -4.59. The van der Waals surface area contributed by atoms with Crippen LogP contribution in [0, 0.1) is 0 Å². The van der Waals surface area contributed by atoms with Crippen molar-refractivity contribution >= 4 is 32.1 Å². The van der Waals surface area contributed by atoms with E-state index < -0.39 is 48.3 Å². The number of sulfone groups is 1. The Morgan fingerprint density at radius 3 is 2.38 bits per heavy atom. The fourth-order valence-electron chi connectivity index (χ4n) is 3.85. The lowest BCUT2D eigenvalue weighted by molar-refractivity contribution is -0.137. The van der Waals surface area contributed by atoms with Crippen LogP contribution in [0.3, 0.4) is 0 Å². The standard InChI is InChI=1S/C24H19ClF3NO4S/c1-23(2)22-15(9-6-12-29-22)19(30)21(34(23,31)32)18-16(24(26,27)28)10-11-17(25)20(18)33-13-14-7-4-3-5-8-14/h3-12,30H,13H2,1-2H3. The summed E-state index contributed by atoms with van der Waals surface area (Å²) in [5, 5.41) is 10.8. The second-order valence-electron chi connectivity index (χ2n) is 8.16. The van der Waals surface area contributed by atoms with Gasteiger partial charge < -0.3 is 9.84 Å². The Bertz CT molecular complexity index is 1400. The highest BCUT2D eigenvalue weighted by atomic mass is 35.5. The fourth-order valence-corrected chi connectivity index (χ4v) is 5.83. The van der Waals surface area contributed by atoms with E-state index in [0.717, 1.165) is 6.07 Å². The number of hydrogen-bond donors (Lipinski definition) is 1. The van der Waals surface area contributed by atoms with E-state index in [-0.39, 0.29) is 22.9 Å². The molecule has 0 bridgehead atoms. The molecule has 3 aromatic rings. The van der Waals surface area contributed by atoms with Crippen LogP contribution >= 0.6 is 11.6 Å².